The van der Waals surface area contributed by atoms with Crippen molar-refractivity contribution in [2.45, 2.75) is 170 Å². The number of benzene rings is 3. The van der Waals surface area contributed by atoms with Crippen molar-refractivity contribution < 1.29 is 14.1 Å². The summed E-state index contributed by atoms with van der Waals surface area (Å²) in [5.41, 5.74) is 4.29. The lowest BCUT2D eigenvalue weighted by Gasteiger charge is -2.02. The lowest BCUT2D eigenvalue weighted by molar-refractivity contribution is 0.607. The molecule has 0 aliphatic heterocycles. The van der Waals surface area contributed by atoms with E-state index in [-0.39, 0.29) is 14.1 Å². The molecule has 3 radical (unpaired) electrons. The number of unbranched alkanes of at least 4 members (excludes halogenated alkanes) is 15. The summed E-state index contributed by atoms with van der Waals surface area (Å²) < 4.78 is 0. The molecule has 0 aromatic heterocycles. The van der Waals surface area contributed by atoms with Gasteiger partial charge in [-0.1, -0.05) is 191 Å². The Labute approximate surface area is 310 Å². The second-order valence-electron chi connectivity index (χ2n) is 12.5. The van der Waals surface area contributed by atoms with Gasteiger partial charge in [0.25, 0.3) is 0 Å². The van der Waals surface area contributed by atoms with Crippen LogP contribution in [0.15, 0.2) is 87.5 Å². The molecule has 3 aromatic rings. The molecule has 0 amide bonds. The average molecular weight is 724 g/mol. The molecule has 3 rings (SSSR count). The van der Waals surface area contributed by atoms with E-state index in [1.807, 2.05) is 36.4 Å². The summed E-state index contributed by atoms with van der Waals surface area (Å²) in [6, 6.07) is 25.1. The first-order chi connectivity index (χ1) is 22.0. The summed E-state index contributed by atoms with van der Waals surface area (Å²) in [5.74, 6) is 0. The Hall–Kier alpha value is -1.89. The van der Waals surface area contributed by atoms with E-state index in [2.05, 4.69) is 57.2 Å². The molecule has 0 unspecified atom stereocenters. The molecule has 0 saturated heterocycles. The lowest BCUT2D eigenvalue weighted by atomic mass is 10.1. The molecule has 0 heterocycles. The quantitative estimate of drug-likeness (QED) is 0.0960. The van der Waals surface area contributed by atoms with Gasteiger partial charge in [-0.2, -0.15) is 0 Å². The summed E-state index contributed by atoms with van der Waals surface area (Å²) in [6.45, 7) is 6.78. The molecule has 48 heavy (non-hydrogen) atoms. The van der Waals surface area contributed by atoms with Crippen LogP contribution < -0.4 is 0 Å². The van der Waals surface area contributed by atoms with Crippen molar-refractivity contribution in [3.63, 3.8) is 0 Å². The van der Waals surface area contributed by atoms with Crippen molar-refractivity contribution in [1.29, 1.82) is 0 Å². The van der Waals surface area contributed by atoms with Crippen LogP contribution in [-0.2, 0) is 19.3 Å². The molecule has 0 nitrogen and oxygen atoms in total. The summed E-state index contributed by atoms with van der Waals surface area (Å²) in [4.78, 5) is 2.84. The molecule has 6 heteroatoms. The van der Waals surface area contributed by atoms with Gasteiger partial charge in [-0.05, 0) is 91.6 Å². The van der Waals surface area contributed by atoms with E-state index in [1.165, 1.54) is 152 Å². The fraction of sp³-hybridized carbons (Fsp3) is 0.571. The van der Waals surface area contributed by atoms with Crippen LogP contribution in [0, 0.1) is 0 Å². The Bertz CT molecular complexity index is 905. The van der Waals surface area contributed by atoms with E-state index in [1.54, 1.807) is 0 Å². The van der Waals surface area contributed by atoms with Crippen molar-refractivity contribution >= 4 is 37.9 Å². The average Bonchev–Trinajstić information content (AvgIpc) is 3.05. The molecule has 0 spiro atoms. The Morgan fingerprint density at radius 3 is 0.688 bits per heavy atom. The van der Waals surface area contributed by atoms with Crippen molar-refractivity contribution in [1.82, 2.24) is 0 Å². The van der Waals surface area contributed by atoms with E-state index in [4.69, 9.17) is 37.9 Å². The first-order valence-electron chi connectivity index (χ1n) is 18.3. The first-order valence-corrected chi connectivity index (χ1v) is 19.5. The third-order valence-corrected chi connectivity index (χ3v) is 9.04. The highest BCUT2D eigenvalue weighted by atomic mass is 32.1. The Kier molecular flexibility index (Phi) is 38.3. The zero-order valence-electron chi connectivity index (χ0n) is 30.2. The van der Waals surface area contributed by atoms with Crippen LogP contribution in [-0.4, -0.2) is 0 Å². The topological polar surface area (TPSA) is 0 Å². The number of hydrogen-bond donors (Lipinski definition) is 0. The van der Waals surface area contributed by atoms with Crippen molar-refractivity contribution in [3.05, 3.63) is 89.5 Å². The molecular weight excluding hydrogens is 658 g/mol. The highest BCUT2D eigenvalue weighted by Crippen LogP contribution is 2.15. The van der Waals surface area contributed by atoms with Crippen molar-refractivity contribution in [2.75, 3.05) is 0 Å². The number of hydrogen-bond acceptors (Lipinski definition) is 0. The molecule has 0 aliphatic rings. The molecule has 0 saturated carbocycles. The van der Waals surface area contributed by atoms with Gasteiger partial charge in [0.05, 0.1) is 0 Å². The van der Waals surface area contributed by atoms with Gasteiger partial charge in [0.15, 0.2) is 0 Å². The molecule has 0 bridgehead atoms. The van der Waals surface area contributed by atoms with Crippen molar-refractivity contribution in [2.24, 2.45) is 0 Å². The van der Waals surface area contributed by atoms with E-state index < -0.39 is 0 Å². The molecule has 0 atom stereocenters. The monoisotopic (exact) mass is 723 g/mol. The van der Waals surface area contributed by atoms with Gasteiger partial charge in [-0.3, -0.25) is 14.1 Å². The number of rotatable bonds is 21. The minimum atomic E-state index is 0. The lowest BCUT2D eigenvalue weighted by Crippen LogP contribution is -1.85. The largest absolute Gasteiger partial charge is 0.269 e. The normalized spacial score (nSPS) is 9.81. The Morgan fingerprint density at radius 2 is 0.479 bits per heavy atom. The van der Waals surface area contributed by atoms with Gasteiger partial charge in [-0.15, -0.1) is 0 Å². The Morgan fingerprint density at radius 1 is 0.292 bits per heavy atom. The van der Waals surface area contributed by atoms with Crippen LogP contribution in [0.25, 0.3) is 0 Å². The minimum Gasteiger partial charge on any atom is -0.269 e. The smallest absolute Gasteiger partial charge is 0.0377 e. The fourth-order valence-corrected chi connectivity index (χ4v) is 5.70. The maximum Gasteiger partial charge on any atom is 0.0377 e. The fourth-order valence-electron chi connectivity index (χ4n) is 5.30. The summed E-state index contributed by atoms with van der Waals surface area (Å²) in [5, 5.41) is 0. The minimum absolute atomic E-state index is 0. The van der Waals surface area contributed by atoms with E-state index in [9.17, 15) is 0 Å². The van der Waals surface area contributed by atoms with Crippen LogP contribution >= 0.6 is 37.9 Å². The van der Waals surface area contributed by atoms with Gasteiger partial charge >= 0.3 is 0 Å². The van der Waals surface area contributed by atoms with Crippen LogP contribution in [0.2, 0.25) is 0 Å². The SMILES string of the molecule is CCCCCCCCc1ccc([S])cc1.CCCCCCCCc1ccc([S])cc1.CCCCCCCCc1ccc([S])cc1.F.F.F. The predicted molar refractivity (Wildman–Crippen MR) is 216 cm³/mol. The van der Waals surface area contributed by atoms with Crippen LogP contribution in [0.1, 0.15) is 153 Å². The summed E-state index contributed by atoms with van der Waals surface area (Å²) >= 11 is 15.2. The molecule has 0 N–H and O–H groups in total. The predicted octanol–water partition coefficient (Wildman–Crippen LogP) is 15.9. The molecule has 273 valence electrons. The zero-order valence-corrected chi connectivity index (χ0v) is 32.7. The van der Waals surface area contributed by atoms with Gasteiger partial charge < -0.3 is 0 Å². The summed E-state index contributed by atoms with van der Waals surface area (Å²) in [7, 11) is 0. The Balaban J connectivity index is -0.000000614. The van der Waals surface area contributed by atoms with Crippen molar-refractivity contribution in [3.8, 4) is 0 Å². The second-order valence-corrected chi connectivity index (χ2v) is 13.9. The molecular formula is C42H66F3S3. The third kappa shape index (κ3) is 30.2. The van der Waals surface area contributed by atoms with E-state index in [0.29, 0.717) is 0 Å². The summed E-state index contributed by atoms with van der Waals surface area (Å²) in [6.07, 6.45) is 28.3. The highest BCUT2D eigenvalue weighted by Gasteiger charge is 1.96. The maximum absolute atomic E-state index is 5.05. The first kappa shape index (κ1) is 50.5. The van der Waals surface area contributed by atoms with Crippen LogP contribution in [0.4, 0.5) is 14.1 Å². The van der Waals surface area contributed by atoms with E-state index >= 15 is 0 Å². The number of halogens is 3. The molecule has 0 aliphatic carbocycles. The third-order valence-electron chi connectivity index (χ3n) is 8.23. The highest BCUT2D eigenvalue weighted by molar-refractivity contribution is 7.80. The second kappa shape index (κ2) is 36.4. The number of aryl methyl sites for hydroxylation is 3. The van der Waals surface area contributed by atoms with E-state index in [0.717, 1.165) is 14.7 Å². The van der Waals surface area contributed by atoms with Crippen LogP contribution in [0.5, 0.6) is 0 Å². The zero-order chi connectivity index (χ0) is 32.8. The van der Waals surface area contributed by atoms with Gasteiger partial charge in [0.2, 0.25) is 0 Å². The van der Waals surface area contributed by atoms with Gasteiger partial charge in [0, 0.05) is 14.7 Å². The maximum atomic E-state index is 5.05. The molecule has 0 fully saturated rings. The van der Waals surface area contributed by atoms with Gasteiger partial charge in [-0.25, -0.2) is 0 Å². The standard InChI is InChI=1S/3C14H21S.3FH/c3*1-2-3-4-5-6-7-8-13-9-11-14(15)12-10-13;;;/h3*9-12H,2-8H2,1H3;3*1H. The van der Waals surface area contributed by atoms with Crippen LogP contribution in [0.3, 0.4) is 0 Å². The molecule has 3 aromatic carbocycles. The van der Waals surface area contributed by atoms with Gasteiger partial charge in [0.1, 0.15) is 0 Å².